The number of hydrogen-bond donors (Lipinski definition) is 2. The average Bonchev–Trinajstić information content (AvgIpc) is 3.30. The lowest BCUT2D eigenvalue weighted by atomic mass is 9.96. The second-order valence-electron chi connectivity index (χ2n) is 5.98. The van der Waals surface area contributed by atoms with Gasteiger partial charge in [-0.05, 0) is 52.6 Å². The number of rotatable bonds is 5. The molecule has 0 spiro atoms. The van der Waals surface area contributed by atoms with E-state index in [2.05, 4.69) is 10.6 Å². The Hall–Kier alpha value is -1.63. The van der Waals surface area contributed by atoms with E-state index < -0.39 is 6.03 Å². The van der Waals surface area contributed by atoms with Crippen molar-refractivity contribution >= 4 is 17.9 Å². The van der Waals surface area contributed by atoms with Crippen LogP contribution in [0.5, 0.6) is 0 Å². The molecule has 0 bridgehead atoms. The maximum atomic E-state index is 12.1. The summed E-state index contributed by atoms with van der Waals surface area (Å²) in [5.41, 5.74) is 0. The summed E-state index contributed by atoms with van der Waals surface area (Å²) in [4.78, 5) is 37.3. The first-order chi connectivity index (χ1) is 10.5. The minimum atomic E-state index is -0.416. The molecule has 2 N–H and O–H groups in total. The molecule has 3 amide bonds. The highest BCUT2D eigenvalue weighted by molar-refractivity contribution is 5.97. The zero-order chi connectivity index (χ0) is 16.1. The summed E-state index contributed by atoms with van der Waals surface area (Å²) < 4.78 is 5.03. The maximum absolute atomic E-state index is 12.1. The highest BCUT2D eigenvalue weighted by atomic mass is 16.5. The fourth-order valence-corrected chi connectivity index (χ4v) is 2.61. The SMILES string of the molecule is CCOC(=O)C1CCN([C@H](C)C(=O)NC(=O)NC2CC2)CC1. The van der Waals surface area contributed by atoms with Crippen LogP contribution in [0.2, 0.25) is 0 Å². The number of ether oxygens (including phenoxy) is 1. The number of nitrogens with one attached hydrogen (secondary N) is 2. The van der Waals surface area contributed by atoms with E-state index in [9.17, 15) is 14.4 Å². The summed E-state index contributed by atoms with van der Waals surface area (Å²) in [5.74, 6) is -0.527. The molecule has 1 heterocycles. The number of likely N-dealkylation sites (tertiary alicyclic amines) is 1. The third-order valence-electron chi connectivity index (χ3n) is 4.23. The molecule has 0 aromatic carbocycles. The number of imide groups is 1. The number of amides is 3. The molecule has 1 aliphatic carbocycles. The van der Waals surface area contributed by atoms with E-state index in [-0.39, 0.29) is 29.9 Å². The van der Waals surface area contributed by atoms with Gasteiger partial charge in [-0.1, -0.05) is 0 Å². The van der Waals surface area contributed by atoms with Crippen molar-refractivity contribution in [1.82, 2.24) is 15.5 Å². The summed E-state index contributed by atoms with van der Waals surface area (Å²) in [6.07, 6.45) is 3.34. The fraction of sp³-hybridized carbons (Fsp3) is 0.800. The van der Waals surface area contributed by atoms with Crippen LogP contribution in [0.3, 0.4) is 0 Å². The monoisotopic (exact) mass is 311 g/mol. The normalized spacial score (nSPS) is 21.0. The Balaban J connectivity index is 1.73. The summed E-state index contributed by atoms with van der Waals surface area (Å²) in [5, 5.41) is 5.11. The van der Waals surface area contributed by atoms with Crippen LogP contribution in [0.25, 0.3) is 0 Å². The van der Waals surface area contributed by atoms with Crippen molar-refractivity contribution in [2.45, 2.75) is 51.6 Å². The van der Waals surface area contributed by atoms with E-state index in [1.165, 1.54) is 0 Å². The largest absolute Gasteiger partial charge is 0.466 e. The zero-order valence-electron chi connectivity index (χ0n) is 13.3. The summed E-state index contributed by atoms with van der Waals surface area (Å²) in [7, 11) is 0. The second kappa shape index (κ2) is 7.58. The lowest BCUT2D eigenvalue weighted by molar-refractivity contribution is -0.149. The van der Waals surface area contributed by atoms with Crippen molar-refractivity contribution in [3.05, 3.63) is 0 Å². The minimum absolute atomic E-state index is 0.0790. The van der Waals surface area contributed by atoms with Crippen LogP contribution in [-0.2, 0) is 14.3 Å². The van der Waals surface area contributed by atoms with Gasteiger partial charge >= 0.3 is 12.0 Å². The quantitative estimate of drug-likeness (QED) is 0.728. The van der Waals surface area contributed by atoms with Crippen LogP contribution in [-0.4, -0.2) is 54.6 Å². The first-order valence-electron chi connectivity index (χ1n) is 8.03. The molecule has 1 saturated carbocycles. The van der Waals surface area contributed by atoms with Gasteiger partial charge in [0.2, 0.25) is 5.91 Å². The molecule has 2 rings (SSSR count). The minimum Gasteiger partial charge on any atom is -0.466 e. The van der Waals surface area contributed by atoms with Gasteiger partial charge in [0, 0.05) is 6.04 Å². The van der Waals surface area contributed by atoms with E-state index in [0.29, 0.717) is 32.5 Å². The third-order valence-corrected chi connectivity index (χ3v) is 4.23. The fourth-order valence-electron chi connectivity index (χ4n) is 2.61. The molecule has 2 aliphatic rings. The smallest absolute Gasteiger partial charge is 0.321 e. The van der Waals surface area contributed by atoms with Crippen LogP contribution in [0.4, 0.5) is 4.79 Å². The topological polar surface area (TPSA) is 87.7 Å². The third kappa shape index (κ3) is 4.69. The molecule has 7 nitrogen and oxygen atoms in total. The van der Waals surface area contributed by atoms with Gasteiger partial charge in [-0.25, -0.2) is 4.79 Å². The molecule has 1 saturated heterocycles. The second-order valence-corrected chi connectivity index (χ2v) is 5.98. The average molecular weight is 311 g/mol. The van der Waals surface area contributed by atoms with Gasteiger partial charge in [0.05, 0.1) is 18.6 Å². The van der Waals surface area contributed by atoms with Crippen LogP contribution in [0.15, 0.2) is 0 Å². The molecule has 124 valence electrons. The Morgan fingerprint density at radius 3 is 2.36 bits per heavy atom. The molecule has 22 heavy (non-hydrogen) atoms. The van der Waals surface area contributed by atoms with Crippen LogP contribution in [0.1, 0.15) is 39.5 Å². The summed E-state index contributed by atoms with van der Waals surface area (Å²) in [6, 6.07) is -0.572. The Labute approximate surface area is 130 Å². The first-order valence-corrected chi connectivity index (χ1v) is 8.03. The van der Waals surface area contributed by atoms with Gasteiger partial charge in [-0.2, -0.15) is 0 Å². The Kier molecular flexibility index (Phi) is 5.76. The predicted molar refractivity (Wildman–Crippen MR) is 80.1 cm³/mol. The lowest BCUT2D eigenvalue weighted by Crippen LogP contribution is -2.52. The van der Waals surface area contributed by atoms with E-state index in [1.807, 2.05) is 4.90 Å². The highest BCUT2D eigenvalue weighted by Crippen LogP contribution is 2.20. The number of carbonyl (C=O) groups excluding carboxylic acids is 3. The lowest BCUT2D eigenvalue weighted by Gasteiger charge is -2.34. The van der Waals surface area contributed by atoms with Gasteiger partial charge < -0.3 is 10.1 Å². The van der Waals surface area contributed by atoms with Crippen molar-refractivity contribution in [1.29, 1.82) is 0 Å². The number of hydrogen-bond acceptors (Lipinski definition) is 5. The number of carbonyl (C=O) groups is 3. The molecule has 0 unspecified atom stereocenters. The van der Waals surface area contributed by atoms with Crippen molar-refractivity contribution < 1.29 is 19.1 Å². The van der Waals surface area contributed by atoms with Gasteiger partial charge in [-0.3, -0.25) is 19.8 Å². The molecule has 1 aliphatic heterocycles. The van der Waals surface area contributed by atoms with Gasteiger partial charge in [0.25, 0.3) is 0 Å². The van der Waals surface area contributed by atoms with Crippen molar-refractivity contribution in [3.8, 4) is 0 Å². The van der Waals surface area contributed by atoms with Gasteiger partial charge in [0.15, 0.2) is 0 Å². The predicted octanol–water partition coefficient (Wildman–Crippen LogP) is 0.638. The van der Waals surface area contributed by atoms with Crippen LogP contribution in [0, 0.1) is 5.92 Å². The van der Waals surface area contributed by atoms with Crippen LogP contribution < -0.4 is 10.6 Å². The molecular weight excluding hydrogens is 286 g/mol. The highest BCUT2D eigenvalue weighted by Gasteiger charge is 2.31. The summed E-state index contributed by atoms with van der Waals surface area (Å²) in [6.45, 7) is 5.29. The number of esters is 1. The van der Waals surface area contributed by atoms with E-state index >= 15 is 0 Å². The molecular formula is C15H25N3O4. The molecule has 1 atom stereocenters. The van der Waals surface area contributed by atoms with Crippen molar-refractivity contribution in [2.24, 2.45) is 5.92 Å². The summed E-state index contributed by atoms with van der Waals surface area (Å²) >= 11 is 0. The molecule has 7 heteroatoms. The van der Waals surface area contributed by atoms with E-state index in [4.69, 9.17) is 4.74 Å². The van der Waals surface area contributed by atoms with Crippen molar-refractivity contribution in [3.63, 3.8) is 0 Å². The Morgan fingerprint density at radius 1 is 1.18 bits per heavy atom. The van der Waals surface area contributed by atoms with Gasteiger partial charge in [-0.15, -0.1) is 0 Å². The van der Waals surface area contributed by atoms with E-state index in [0.717, 1.165) is 12.8 Å². The van der Waals surface area contributed by atoms with Gasteiger partial charge in [0.1, 0.15) is 0 Å². The molecule has 0 aromatic rings. The van der Waals surface area contributed by atoms with E-state index in [1.54, 1.807) is 13.8 Å². The first kappa shape index (κ1) is 16.7. The maximum Gasteiger partial charge on any atom is 0.321 e. The number of nitrogens with zero attached hydrogens (tertiary/aromatic N) is 1. The van der Waals surface area contributed by atoms with Crippen LogP contribution >= 0.6 is 0 Å². The Morgan fingerprint density at radius 2 is 1.82 bits per heavy atom. The zero-order valence-corrected chi connectivity index (χ0v) is 13.3. The molecule has 2 fully saturated rings. The number of urea groups is 1. The Bertz CT molecular complexity index is 429. The molecule has 0 aromatic heterocycles. The van der Waals surface area contributed by atoms with Crippen molar-refractivity contribution in [2.75, 3.05) is 19.7 Å². The standard InChI is InChI=1S/C15H25N3O4/c1-3-22-14(20)11-6-8-18(9-7-11)10(2)13(19)17-15(21)16-12-4-5-12/h10-12H,3-9H2,1-2H3,(H2,16,17,19,21)/t10-/m1/s1. The molecule has 0 radical (unpaired) electrons. The number of piperidine rings is 1.